The lowest BCUT2D eigenvalue weighted by Crippen LogP contribution is -2.47. The number of fused-ring (bicyclic) bond motifs is 1. The SMILES string of the molecule is CCOC(=O)CN1CCN(Cc2ccc(-c3cc4nccc(Oc5ccc(NC(=O)NC6CC6)cc5F)c4s3)nc2)CC1. The molecule has 3 aromatic heterocycles. The Kier molecular flexibility index (Phi) is 8.77. The van der Waals surface area contributed by atoms with Gasteiger partial charge in [0.2, 0.25) is 0 Å². The van der Waals surface area contributed by atoms with Crippen LogP contribution in [0.5, 0.6) is 11.5 Å². The van der Waals surface area contributed by atoms with Crippen LogP contribution < -0.4 is 15.4 Å². The smallest absolute Gasteiger partial charge is 0.320 e. The zero-order valence-electron chi connectivity index (χ0n) is 23.8. The van der Waals surface area contributed by atoms with Crippen LogP contribution in [0.3, 0.4) is 0 Å². The molecule has 0 spiro atoms. The average molecular weight is 605 g/mol. The molecule has 1 aliphatic heterocycles. The molecule has 2 N–H and O–H groups in total. The van der Waals surface area contributed by atoms with E-state index in [2.05, 4.69) is 31.5 Å². The number of urea groups is 1. The molecule has 2 aliphatic rings. The van der Waals surface area contributed by atoms with E-state index in [0.717, 1.165) is 71.9 Å². The van der Waals surface area contributed by atoms with Crippen LogP contribution in [0.25, 0.3) is 20.8 Å². The predicted molar refractivity (Wildman–Crippen MR) is 163 cm³/mol. The lowest BCUT2D eigenvalue weighted by Gasteiger charge is -2.34. The molecule has 2 amide bonds. The van der Waals surface area contributed by atoms with Crippen LogP contribution in [-0.4, -0.2) is 77.1 Å². The molecule has 224 valence electrons. The number of nitrogens with zero attached hydrogens (tertiary/aromatic N) is 4. The lowest BCUT2D eigenvalue weighted by molar-refractivity contribution is -0.144. The number of rotatable bonds is 10. The van der Waals surface area contributed by atoms with Crippen LogP contribution in [-0.2, 0) is 16.1 Å². The van der Waals surface area contributed by atoms with Gasteiger partial charge < -0.3 is 20.1 Å². The second kappa shape index (κ2) is 13.0. The molecular formula is C31H33FN6O4S. The Hall–Kier alpha value is -4.13. The minimum Gasteiger partial charge on any atom is -0.465 e. The fourth-order valence-electron chi connectivity index (χ4n) is 4.90. The summed E-state index contributed by atoms with van der Waals surface area (Å²) in [6.07, 6.45) is 5.47. The number of halogens is 1. The first-order chi connectivity index (χ1) is 20.9. The number of amides is 2. The van der Waals surface area contributed by atoms with Gasteiger partial charge in [0, 0.05) is 69.0 Å². The molecule has 4 aromatic rings. The number of piperazine rings is 1. The third-order valence-electron chi connectivity index (χ3n) is 7.30. The first kappa shape index (κ1) is 29.0. The number of hydrogen-bond donors (Lipinski definition) is 2. The fraction of sp³-hybridized carbons (Fsp3) is 0.355. The van der Waals surface area contributed by atoms with E-state index in [9.17, 15) is 14.0 Å². The molecule has 1 saturated carbocycles. The normalized spacial score (nSPS) is 15.8. The highest BCUT2D eigenvalue weighted by Crippen LogP contribution is 2.39. The molecule has 6 rings (SSSR count). The molecule has 43 heavy (non-hydrogen) atoms. The van der Waals surface area contributed by atoms with Crippen LogP contribution in [0.4, 0.5) is 14.9 Å². The van der Waals surface area contributed by atoms with Crippen molar-refractivity contribution in [2.75, 3.05) is 44.6 Å². The molecule has 1 aromatic carbocycles. The van der Waals surface area contributed by atoms with Gasteiger partial charge in [-0.3, -0.25) is 24.6 Å². The zero-order chi connectivity index (χ0) is 29.8. The van der Waals surface area contributed by atoms with E-state index in [0.29, 0.717) is 24.6 Å². The zero-order valence-corrected chi connectivity index (χ0v) is 24.7. The van der Waals surface area contributed by atoms with Crippen molar-refractivity contribution in [3.63, 3.8) is 0 Å². The molecular weight excluding hydrogens is 571 g/mol. The van der Waals surface area contributed by atoms with E-state index in [1.807, 2.05) is 25.3 Å². The molecule has 0 bridgehead atoms. The Balaban J connectivity index is 1.08. The number of ether oxygens (including phenoxy) is 2. The van der Waals surface area contributed by atoms with Gasteiger partial charge in [0.25, 0.3) is 0 Å². The topological polar surface area (TPSA) is 109 Å². The van der Waals surface area contributed by atoms with Crippen LogP contribution in [0.1, 0.15) is 25.3 Å². The number of aromatic nitrogens is 2. The quantitative estimate of drug-likeness (QED) is 0.236. The Morgan fingerprint density at radius 3 is 2.56 bits per heavy atom. The molecule has 12 heteroatoms. The summed E-state index contributed by atoms with van der Waals surface area (Å²) in [4.78, 5) is 38.3. The second-order valence-electron chi connectivity index (χ2n) is 10.7. The van der Waals surface area contributed by atoms with Gasteiger partial charge in [-0.2, -0.15) is 0 Å². The average Bonchev–Trinajstić information content (AvgIpc) is 3.69. The summed E-state index contributed by atoms with van der Waals surface area (Å²) in [7, 11) is 0. The highest BCUT2D eigenvalue weighted by Gasteiger charge is 2.23. The van der Waals surface area contributed by atoms with E-state index >= 15 is 0 Å². The molecule has 0 atom stereocenters. The summed E-state index contributed by atoms with van der Waals surface area (Å²) in [5.74, 6) is -0.204. The second-order valence-corrected chi connectivity index (χ2v) is 11.7. The number of thiophene rings is 1. The van der Waals surface area contributed by atoms with Crippen molar-refractivity contribution in [2.45, 2.75) is 32.4 Å². The van der Waals surface area contributed by atoms with E-state index in [1.54, 1.807) is 18.3 Å². The number of hydrogen-bond acceptors (Lipinski definition) is 9. The Labute approximate surface area is 252 Å². The Morgan fingerprint density at radius 1 is 1.02 bits per heavy atom. The molecule has 1 saturated heterocycles. The van der Waals surface area contributed by atoms with Gasteiger partial charge in [-0.15, -0.1) is 11.3 Å². The molecule has 0 radical (unpaired) electrons. The third-order valence-corrected chi connectivity index (χ3v) is 8.47. The summed E-state index contributed by atoms with van der Waals surface area (Å²) in [6.45, 7) is 6.76. The maximum atomic E-state index is 14.9. The van der Waals surface area contributed by atoms with Crippen molar-refractivity contribution in [2.24, 2.45) is 0 Å². The van der Waals surface area contributed by atoms with Crippen LogP contribution >= 0.6 is 11.3 Å². The number of pyridine rings is 2. The highest BCUT2D eigenvalue weighted by molar-refractivity contribution is 7.22. The summed E-state index contributed by atoms with van der Waals surface area (Å²) in [6, 6.07) is 12.0. The van der Waals surface area contributed by atoms with Crippen molar-refractivity contribution < 1.29 is 23.5 Å². The largest absolute Gasteiger partial charge is 0.465 e. The van der Waals surface area contributed by atoms with Crippen LogP contribution in [0.2, 0.25) is 0 Å². The predicted octanol–water partition coefficient (Wildman–Crippen LogP) is 5.25. The number of nitrogens with one attached hydrogen (secondary N) is 2. The summed E-state index contributed by atoms with van der Waals surface area (Å²) < 4.78 is 26.7. The van der Waals surface area contributed by atoms with Gasteiger partial charge in [-0.1, -0.05) is 6.07 Å². The number of benzene rings is 1. The summed E-state index contributed by atoms with van der Waals surface area (Å²) in [5.41, 5.74) is 3.03. The van der Waals surface area contributed by atoms with Gasteiger partial charge in [0.15, 0.2) is 11.6 Å². The van der Waals surface area contributed by atoms with Gasteiger partial charge in [-0.25, -0.2) is 9.18 Å². The third kappa shape index (κ3) is 7.45. The fourth-order valence-corrected chi connectivity index (χ4v) is 5.94. The minimum atomic E-state index is -0.580. The summed E-state index contributed by atoms with van der Waals surface area (Å²) in [5, 5.41) is 5.47. The van der Waals surface area contributed by atoms with E-state index in [4.69, 9.17) is 14.5 Å². The van der Waals surface area contributed by atoms with Crippen molar-refractivity contribution in [1.82, 2.24) is 25.1 Å². The molecule has 4 heterocycles. The van der Waals surface area contributed by atoms with Gasteiger partial charge in [0.05, 0.1) is 33.9 Å². The number of anilines is 1. The molecule has 2 fully saturated rings. The molecule has 10 nitrogen and oxygen atoms in total. The molecule has 1 aliphatic carbocycles. The van der Waals surface area contributed by atoms with Crippen molar-refractivity contribution in [3.8, 4) is 22.1 Å². The maximum Gasteiger partial charge on any atom is 0.320 e. The Bertz CT molecular complexity index is 1600. The first-order valence-electron chi connectivity index (χ1n) is 14.4. The monoisotopic (exact) mass is 604 g/mol. The summed E-state index contributed by atoms with van der Waals surface area (Å²) >= 11 is 1.48. The van der Waals surface area contributed by atoms with E-state index < -0.39 is 5.82 Å². The number of carbonyl (C=O) groups excluding carboxylic acids is 2. The first-order valence-corrected chi connectivity index (χ1v) is 15.2. The van der Waals surface area contributed by atoms with Gasteiger partial charge in [-0.05, 0) is 49.6 Å². The van der Waals surface area contributed by atoms with Crippen molar-refractivity contribution >= 4 is 39.2 Å². The molecule has 0 unspecified atom stereocenters. The number of carbonyl (C=O) groups is 2. The lowest BCUT2D eigenvalue weighted by atomic mass is 10.2. The standard InChI is InChI=1S/C31H33FN6O4S/c1-2-41-29(39)19-38-13-11-37(12-14-38)18-20-3-7-24(34-17-20)28-16-25-30(43-28)27(9-10-33-25)42-26-8-6-22(15-23(26)32)36-31(40)35-21-4-5-21/h3,6-10,15-17,21H,2,4-5,11-14,18-19H2,1H3,(H2,35,36,40). The van der Waals surface area contributed by atoms with Crippen molar-refractivity contribution in [3.05, 3.63) is 66.2 Å². The van der Waals surface area contributed by atoms with Gasteiger partial charge >= 0.3 is 12.0 Å². The van der Waals surface area contributed by atoms with E-state index in [-0.39, 0.29) is 23.8 Å². The van der Waals surface area contributed by atoms with Gasteiger partial charge in [0.1, 0.15) is 5.75 Å². The number of esters is 1. The highest BCUT2D eigenvalue weighted by atomic mass is 32.1. The van der Waals surface area contributed by atoms with Crippen LogP contribution in [0, 0.1) is 5.82 Å². The minimum absolute atomic E-state index is 0.0554. The van der Waals surface area contributed by atoms with Crippen LogP contribution in [0.15, 0.2) is 54.9 Å². The van der Waals surface area contributed by atoms with E-state index in [1.165, 1.54) is 23.5 Å². The maximum absolute atomic E-state index is 14.9. The Morgan fingerprint density at radius 2 is 1.84 bits per heavy atom. The van der Waals surface area contributed by atoms with Crippen molar-refractivity contribution in [1.29, 1.82) is 0 Å².